The summed E-state index contributed by atoms with van der Waals surface area (Å²) in [5.74, 6) is 0.415. The first-order valence-electron chi connectivity index (χ1n) is 10.8. The maximum Gasteiger partial charge on any atom is 0.120 e. The van der Waals surface area contributed by atoms with E-state index in [0.717, 1.165) is 44.3 Å². The molecule has 156 valence electrons. The number of methoxy groups -OCH3 is 1. The average molecular weight is 412 g/mol. The SMILES string of the molecule is C/C=C(/O)c1c(-c2ccccc2N2CCC[C@H](OC)C2)sc2c1CC(C)(C)CC2. The van der Waals surface area contributed by atoms with Gasteiger partial charge in [0.15, 0.2) is 0 Å². The molecule has 29 heavy (non-hydrogen) atoms. The van der Waals surface area contributed by atoms with E-state index < -0.39 is 0 Å². The van der Waals surface area contributed by atoms with Crippen LogP contribution >= 0.6 is 11.3 Å². The van der Waals surface area contributed by atoms with Gasteiger partial charge in [0, 0.05) is 46.8 Å². The van der Waals surface area contributed by atoms with Gasteiger partial charge in [-0.1, -0.05) is 32.0 Å². The van der Waals surface area contributed by atoms with Gasteiger partial charge in [0.1, 0.15) is 5.76 Å². The molecule has 1 aromatic carbocycles. The zero-order valence-corrected chi connectivity index (χ0v) is 18.9. The van der Waals surface area contributed by atoms with Gasteiger partial charge in [-0.15, -0.1) is 11.3 Å². The molecule has 0 radical (unpaired) electrons. The summed E-state index contributed by atoms with van der Waals surface area (Å²) in [4.78, 5) is 5.14. The van der Waals surface area contributed by atoms with Gasteiger partial charge in [0.05, 0.1) is 6.10 Å². The number of aliphatic hydroxyl groups excluding tert-OH is 1. The molecule has 1 atom stereocenters. The van der Waals surface area contributed by atoms with Gasteiger partial charge in [-0.3, -0.25) is 0 Å². The van der Waals surface area contributed by atoms with Crippen molar-refractivity contribution in [3.8, 4) is 10.4 Å². The third-order valence-electron chi connectivity index (χ3n) is 6.51. The van der Waals surface area contributed by atoms with Crippen LogP contribution in [0.1, 0.15) is 56.0 Å². The summed E-state index contributed by atoms with van der Waals surface area (Å²) in [6.07, 6.45) is 7.75. The van der Waals surface area contributed by atoms with Crippen LogP contribution in [0.3, 0.4) is 0 Å². The van der Waals surface area contributed by atoms with Gasteiger partial charge in [-0.2, -0.15) is 0 Å². The summed E-state index contributed by atoms with van der Waals surface area (Å²) in [6.45, 7) is 8.60. The first-order chi connectivity index (χ1) is 13.9. The lowest BCUT2D eigenvalue weighted by atomic mass is 9.75. The molecule has 0 unspecified atom stereocenters. The minimum Gasteiger partial charge on any atom is -0.508 e. The number of allylic oxidation sites excluding steroid dienone is 1. The maximum atomic E-state index is 10.9. The normalized spacial score (nSPS) is 21.9. The highest BCUT2D eigenvalue weighted by atomic mass is 32.1. The van der Waals surface area contributed by atoms with Crippen molar-refractivity contribution in [2.75, 3.05) is 25.1 Å². The molecule has 0 saturated carbocycles. The number of aliphatic hydroxyl groups is 1. The maximum absolute atomic E-state index is 10.9. The average Bonchev–Trinajstić information content (AvgIpc) is 3.10. The third-order valence-corrected chi connectivity index (χ3v) is 7.83. The van der Waals surface area contributed by atoms with E-state index in [1.165, 1.54) is 33.0 Å². The largest absolute Gasteiger partial charge is 0.508 e. The highest BCUT2D eigenvalue weighted by molar-refractivity contribution is 7.16. The lowest BCUT2D eigenvalue weighted by Crippen LogP contribution is -2.39. The van der Waals surface area contributed by atoms with Crippen molar-refractivity contribution in [1.29, 1.82) is 0 Å². The predicted octanol–water partition coefficient (Wildman–Crippen LogP) is 6.46. The van der Waals surface area contributed by atoms with E-state index in [1.807, 2.05) is 31.4 Å². The molecule has 0 spiro atoms. The number of hydrogen-bond donors (Lipinski definition) is 1. The molecule has 1 N–H and O–H groups in total. The van der Waals surface area contributed by atoms with E-state index >= 15 is 0 Å². The molecular formula is C25H33NO2S. The summed E-state index contributed by atoms with van der Waals surface area (Å²) in [7, 11) is 1.82. The number of rotatable bonds is 4. The van der Waals surface area contributed by atoms with Crippen molar-refractivity contribution < 1.29 is 9.84 Å². The predicted molar refractivity (Wildman–Crippen MR) is 124 cm³/mol. The smallest absolute Gasteiger partial charge is 0.120 e. The van der Waals surface area contributed by atoms with E-state index in [4.69, 9.17) is 4.74 Å². The van der Waals surface area contributed by atoms with Crippen LogP contribution in [0, 0.1) is 5.41 Å². The number of ether oxygens (including phenoxy) is 1. The number of thiophene rings is 1. The molecule has 2 heterocycles. The number of aryl methyl sites for hydroxylation is 1. The molecule has 1 fully saturated rings. The van der Waals surface area contributed by atoms with Crippen LogP contribution in [0.2, 0.25) is 0 Å². The monoisotopic (exact) mass is 411 g/mol. The standard InChI is InChI=1S/C25H33NO2S/c1-5-21(27)23-19-15-25(2,3)13-12-22(19)29-24(23)18-10-6-7-11-20(18)26-14-8-9-17(16-26)28-4/h5-7,10-11,17,27H,8-9,12-16H2,1-4H3/b21-5+/t17-/m0/s1. The van der Waals surface area contributed by atoms with E-state index in [0.29, 0.717) is 5.76 Å². The fraction of sp³-hybridized carbons (Fsp3) is 0.520. The summed E-state index contributed by atoms with van der Waals surface area (Å²) >= 11 is 1.89. The Balaban J connectivity index is 1.83. The van der Waals surface area contributed by atoms with Gasteiger partial charge in [0.2, 0.25) is 0 Å². The van der Waals surface area contributed by atoms with Gasteiger partial charge < -0.3 is 14.7 Å². The van der Waals surface area contributed by atoms with Gasteiger partial charge >= 0.3 is 0 Å². The van der Waals surface area contributed by atoms with E-state index in [-0.39, 0.29) is 11.5 Å². The van der Waals surface area contributed by atoms with Crippen molar-refractivity contribution in [2.24, 2.45) is 5.41 Å². The molecule has 0 amide bonds. The Morgan fingerprint density at radius 3 is 2.86 bits per heavy atom. The number of hydrogen-bond acceptors (Lipinski definition) is 4. The number of benzene rings is 1. The fourth-order valence-corrected chi connectivity index (χ4v) is 6.18. The summed E-state index contributed by atoms with van der Waals surface area (Å²) in [5, 5.41) is 10.9. The Morgan fingerprint density at radius 1 is 1.31 bits per heavy atom. The Kier molecular flexibility index (Phi) is 5.76. The third kappa shape index (κ3) is 3.97. The Hall–Kier alpha value is -1.78. The van der Waals surface area contributed by atoms with Crippen LogP contribution in [-0.2, 0) is 17.6 Å². The van der Waals surface area contributed by atoms with Crippen LogP contribution in [0.4, 0.5) is 5.69 Å². The summed E-state index contributed by atoms with van der Waals surface area (Å²) in [5.41, 5.74) is 5.21. The first kappa shape index (κ1) is 20.5. The second kappa shape index (κ2) is 8.16. The second-order valence-corrected chi connectivity index (χ2v) is 10.3. The van der Waals surface area contributed by atoms with Gasteiger partial charge in [-0.05, 0) is 62.1 Å². The lowest BCUT2D eigenvalue weighted by molar-refractivity contribution is 0.0894. The van der Waals surface area contributed by atoms with Crippen LogP contribution in [-0.4, -0.2) is 31.4 Å². The number of anilines is 1. The number of para-hydroxylation sites is 1. The topological polar surface area (TPSA) is 32.7 Å². The van der Waals surface area contributed by atoms with Gasteiger partial charge in [-0.25, -0.2) is 0 Å². The molecule has 4 rings (SSSR count). The minimum atomic E-state index is 0.284. The van der Waals surface area contributed by atoms with Crippen LogP contribution in [0.25, 0.3) is 16.2 Å². The molecule has 1 aromatic heterocycles. The number of nitrogens with zero attached hydrogens (tertiary/aromatic N) is 1. The fourth-order valence-electron chi connectivity index (χ4n) is 4.82. The molecule has 1 aliphatic carbocycles. The van der Waals surface area contributed by atoms with Crippen molar-refractivity contribution in [1.82, 2.24) is 0 Å². The lowest BCUT2D eigenvalue weighted by Gasteiger charge is -2.35. The van der Waals surface area contributed by atoms with Crippen LogP contribution in [0.15, 0.2) is 30.3 Å². The van der Waals surface area contributed by atoms with Crippen molar-refractivity contribution in [3.63, 3.8) is 0 Å². The quantitative estimate of drug-likeness (QED) is 0.586. The Morgan fingerprint density at radius 2 is 2.10 bits per heavy atom. The van der Waals surface area contributed by atoms with E-state index in [2.05, 4.69) is 43.0 Å². The zero-order valence-electron chi connectivity index (χ0n) is 18.1. The highest BCUT2D eigenvalue weighted by Crippen LogP contribution is 2.49. The van der Waals surface area contributed by atoms with Crippen molar-refractivity contribution >= 4 is 22.8 Å². The number of fused-ring (bicyclic) bond motifs is 1. The van der Waals surface area contributed by atoms with Crippen LogP contribution in [0.5, 0.6) is 0 Å². The molecular weight excluding hydrogens is 378 g/mol. The molecule has 1 aliphatic heterocycles. The van der Waals surface area contributed by atoms with Gasteiger partial charge in [0.25, 0.3) is 0 Å². The van der Waals surface area contributed by atoms with Crippen molar-refractivity contribution in [2.45, 2.75) is 59.0 Å². The van der Waals surface area contributed by atoms with E-state index in [9.17, 15) is 5.11 Å². The molecule has 4 heteroatoms. The summed E-state index contributed by atoms with van der Waals surface area (Å²) in [6, 6.07) is 8.70. The molecule has 2 aliphatic rings. The van der Waals surface area contributed by atoms with Crippen molar-refractivity contribution in [3.05, 3.63) is 46.3 Å². The zero-order chi connectivity index (χ0) is 20.6. The number of piperidine rings is 1. The first-order valence-corrected chi connectivity index (χ1v) is 11.6. The second-order valence-electron chi connectivity index (χ2n) is 9.19. The van der Waals surface area contributed by atoms with Crippen LogP contribution < -0.4 is 4.90 Å². The highest BCUT2D eigenvalue weighted by Gasteiger charge is 2.32. The Bertz CT molecular complexity index is 912. The Labute approximate surface area is 179 Å². The van der Waals surface area contributed by atoms with E-state index in [1.54, 1.807) is 0 Å². The minimum absolute atomic E-state index is 0.284. The summed E-state index contributed by atoms with van der Waals surface area (Å²) < 4.78 is 5.67. The molecule has 0 bridgehead atoms. The molecule has 1 saturated heterocycles. The molecule has 3 nitrogen and oxygen atoms in total. The molecule has 2 aromatic rings.